The van der Waals surface area contributed by atoms with Crippen molar-refractivity contribution in [3.05, 3.63) is 23.3 Å². The second-order valence-electron chi connectivity index (χ2n) is 4.23. The topological polar surface area (TPSA) is 58.9 Å². The molecule has 1 atom stereocenters. The molecule has 0 aliphatic heterocycles. The van der Waals surface area contributed by atoms with Crippen molar-refractivity contribution >= 4 is 0 Å². The van der Waals surface area contributed by atoms with Gasteiger partial charge in [0.15, 0.2) is 5.75 Å². The number of halogens is 2. The van der Waals surface area contributed by atoms with E-state index in [9.17, 15) is 13.9 Å². The summed E-state index contributed by atoms with van der Waals surface area (Å²) < 4.78 is 32.4. The van der Waals surface area contributed by atoms with Crippen LogP contribution in [0.2, 0.25) is 0 Å². The lowest BCUT2D eigenvalue weighted by Crippen LogP contribution is -2.21. The Kier molecular flexibility index (Phi) is 3.41. The van der Waals surface area contributed by atoms with Crippen molar-refractivity contribution in [2.45, 2.75) is 31.8 Å². The molecule has 1 aromatic carbocycles. The zero-order valence-corrected chi connectivity index (χ0v) is 9.82. The largest absolute Gasteiger partial charge is 0.493 e. The van der Waals surface area contributed by atoms with Crippen LogP contribution in [0.1, 0.15) is 30.6 Å². The molecule has 18 heavy (non-hydrogen) atoms. The molecule has 1 unspecified atom stereocenters. The number of alkyl halides is 2. The monoisotopic (exact) mass is 260 g/mol. The smallest absolute Gasteiger partial charge is 0.281 e. The first kappa shape index (κ1) is 13.0. The molecule has 100 valence electrons. The summed E-state index contributed by atoms with van der Waals surface area (Å²) in [4.78, 5) is 4.03. The maximum absolute atomic E-state index is 13.5. The Morgan fingerprint density at radius 3 is 2.67 bits per heavy atom. The molecule has 0 saturated heterocycles. The lowest BCUT2D eigenvalue weighted by atomic mass is 10.1. The molecular formula is C12H14F2O4. The quantitative estimate of drug-likeness (QED) is 0.645. The third kappa shape index (κ3) is 2.02. The first-order valence-corrected chi connectivity index (χ1v) is 5.67. The van der Waals surface area contributed by atoms with Crippen molar-refractivity contribution in [3.8, 4) is 11.5 Å². The molecule has 2 rings (SSSR count). The number of rotatable bonds is 4. The average molecular weight is 260 g/mol. The van der Waals surface area contributed by atoms with Crippen LogP contribution in [0.15, 0.2) is 12.1 Å². The zero-order valence-electron chi connectivity index (χ0n) is 9.82. The molecule has 4 nitrogen and oxygen atoms in total. The van der Waals surface area contributed by atoms with Gasteiger partial charge in [0.25, 0.3) is 5.92 Å². The molecule has 1 aromatic rings. The minimum absolute atomic E-state index is 0.101. The highest BCUT2D eigenvalue weighted by molar-refractivity contribution is 5.54. The van der Waals surface area contributed by atoms with Crippen LogP contribution in [0.4, 0.5) is 8.78 Å². The Hall–Kier alpha value is -1.40. The maximum atomic E-state index is 13.5. The van der Waals surface area contributed by atoms with Gasteiger partial charge in [0, 0.05) is 17.5 Å². The van der Waals surface area contributed by atoms with E-state index in [2.05, 4.69) is 4.89 Å². The molecule has 0 bridgehead atoms. The van der Waals surface area contributed by atoms with E-state index >= 15 is 0 Å². The summed E-state index contributed by atoms with van der Waals surface area (Å²) in [6.07, 6.45) is -1.87. The van der Waals surface area contributed by atoms with Crippen LogP contribution in [-0.4, -0.2) is 22.9 Å². The molecular weight excluding hydrogens is 246 g/mol. The predicted octanol–water partition coefficient (Wildman–Crippen LogP) is 2.55. The van der Waals surface area contributed by atoms with Crippen LogP contribution in [-0.2, 0) is 6.42 Å². The molecule has 0 heterocycles. The van der Waals surface area contributed by atoms with Gasteiger partial charge in [-0.1, -0.05) is 6.92 Å². The Balaban J connectivity index is 2.45. The van der Waals surface area contributed by atoms with Crippen molar-refractivity contribution in [3.63, 3.8) is 0 Å². The fraction of sp³-hybridized carbons (Fsp3) is 0.500. The Labute approximate surface area is 103 Å². The molecule has 0 amide bonds. The van der Waals surface area contributed by atoms with Gasteiger partial charge < -0.3 is 14.7 Å². The zero-order chi connectivity index (χ0) is 13.3. The summed E-state index contributed by atoms with van der Waals surface area (Å²) in [5.74, 6) is -3.15. The number of fused-ring (bicyclic) bond motifs is 1. The van der Waals surface area contributed by atoms with Gasteiger partial charge in [0.1, 0.15) is 11.9 Å². The van der Waals surface area contributed by atoms with Crippen LogP contribution in [0, 0.1) is 0 Å². The van der Waals surface area contributed by atoms with Crippen molar-refractivity contribution < 1.29 is 28.8 Å². The van der Waals surface area contributed by atoms with Crippen molar-refractivity contribution in [2.75, 3.05) is 6.61 Å². The van der Waals surface area contributed by atoms with Crippen molar-refractivity contribution in [2.24, 2.45) is 0 Å². The first-order chi connectivity index (χ1) is 8.51. The summed E-state index contributed by atoms with van der Waals surface area (Å²) >= 11 is 0. The van der Waals surface area contributed by atoms with E-state index in [0.29, 0.717) is 12.4 Å². The van der Waals surface area contributed by atoms with E-state index in [1.165, 1.54) is 12.1 Å². The summed E-state index contributed by atoms with van der Waals surface area (Å²) in [6, 6.07) is 2.75. The molecule has 0 aromatic heterocycles. The Bertz CT molecular complexity index is 448. The Morgan fingerprint density at radius 1 is 1.39 bits per heavy atom. The number of hydrogen-bond acceptors (Lipinski definition) is 4. The molecule has 0 spiro atoms. The van der Waals surface area contributed by atoms with Gasteiger partial charge in [0.05, 0.1) is 6.61 Å². The van der Waals surface area contributed by atoms with Crippen LogP contribution < -0.4 is 9.62 Å². The van der Waals surface area contributed by atoms with Gasteiger partial charge in [-0.15, -0.1) is 0 Å². The van der Waals surface area contributed by atoms with Gasteiger partial charge >= 0.3 is 0 Å². The summed E-state index contributed by atoms with van der Waals surface area (Å²) in [5.41, 5.74) is 0.0867. The highest BCUT2D eigenvalue weighted by Crippen LogP contribution is 2.50. The van der Waals surface area contributed by atoms with Crippen LogP contribution in [0.5, 0.6) is 11.5 Å². The van der Waals surface area contributed by atoms with E-state index in [1.54, 1.807) is 0 Å². The molecule has 0 radical (unpaired) electrons. The Morgan fingerprint density at radius 2 is 2.06 bits per heavy atom. The normalized spacial score (nSPS) is 20.6. The lowest BCUT2D eigenvalue weighted by Gasteiger charge is -2.14. The number of hydrogen-bond donors (Lipinski definition) is 2. The summed E-state index contributed by atoms with van der Waals surface area (Å²) in [6.45, 7) is 2.29. The van der Waals surface area contributed by atoms with E-state index in [-0.39, 0.29) is 16.9 Å². The highest BCUT2D eigenvalue weighted by Gasteiger charge is 2.50. The molecule has 1 aliphatic carbocycles. The van der Waals surface area contributed by atoms with Crippen LogP contribution >= 0.6 is 0 Å². The molecule has 0 saturated carbocycles. The minimum Gasteiger partial charge on any atom is -0.493 e. The lowest BCUT2D eigenvalue weighted by molar-refractivity contribution is -0.143. The van der Waals surface area contributed by atoms with Crippen molar-refractivity contribution in [1.29, 1.82) is 0 Å². The standard InChI is InChI=1S/C12H14F2O4/c1-2-5-17-8-3-4-9(18-16)10-7(8)6-12(13,14)11(10)15/h3-4,11,15-16H,2,5-6H2,1H3. The first-order valence-electron chi connectivity index (χ1n) is 5.67. The van der Waals surface area contributed by atoms with Gasteiger partial charge in [-0.3, -0.25) is 0 Å². The number of aliphatic hydroxyl groups excluding tert-OH is 1. The summed E-state index contributed by atoms with van der Waals surface area (Å²) in [7, 11) is 0. The van der Waals surface area contributed by atoms with E-state index in [1.807, 2.05) is 6.92 Å². The third-order valence-corrected chi connectivity index (χ3v) is 2.92. The fourth-order valence-electron chi connectivity index (χ4n) is 2.08. The summed E-state index contributed by atoms with van der Waals surface area (Å²) in [5, 5.41) is 18.2. The van der Waals surface area contributed by atoms with E-state index < -0.39 is 18.4 Å². The second kappa shape index (κ2) is 4.70. The van der Waals surface area contributed by atoms with E-state index in [4.69, 9.17) is 9.99 Å². The average Bonchev–Trinajstić information content (AvgIpc) is 2.58. The minimum atomic E-state index is -3.28. The predicted molar refractivity (Wildman–Crippen MR) is 59.1 cm³/mol. The van der Waals surface area contributed by atoms with Crippen molar-refractivity contribution in [1.82, 2.24) is 0 Å². The number of ether oxygens (including phenoxy) is 1. The van der Waals surface area contributed by atoms with Gasteiger partial charge in [-0.2, -0.15) is 0 Å². The SMILES string of the molecule is CCCOc1ccc(OO)c2c1CC(F)(F)C2O. The van der Waals surface area contributed by atoms with Crippen LogP contribution in [0.3, 0.4) is 0 Å². The van der Waals surface area contributed by atoms with E-state index in [0.717, 1.165) is 6.42 Å². The van der Waals surface area contributed by atoms with Crippen LogP contribution in [0.25, 0.3) is 0 Å². The van der Waals surface area contributed by atoms with Gasteiger partial charge in [-0.05, 0) is 18.6 Å². The van der Waals surface area contributed by atoms with Gasteiger partial charge in [0.2, 0.25) is 0 Å². The number of benzene rings is 1. The third-order valence-electron chi connectivity index (χ3n) is 2.92. The highest BCUT2D eigenvalue weighted by atomic mass is 19.3. The van der Waals surface area contributed by atoms with Gasteiger partial charge in [-0.25, -0.2) is 14.0 Å². The number of aliphatic hydroxyl groups is 1. The maximum Gasteiger partial charge on any atom is 0.281 e. The molecule has 0 fully saturated rings. The molecule has 2 N–H and O–H groups in total. The molecule has 6 heteroatoms. The fourth-order valence-corrected chi connectivity index (χ4v) is 2.08. The second-order valence-corrected chi connectivity index (χ2v) is 4.23. The molecule has 1 aliphatic rings.